The molecular weight excluding hydrogens is 342 g/mol. The zero-order chi connectivity index (χ0) is 20.3. The lowest BCUT2D eigenvalue weighted by Gasteiger charge is -2.22. The largest absolute Gasteiger partial charge is 0.357 e. The van der Waals surface area contributed by atoms with Crippen LogP contribution >= 0.6 is 0 Å². The molecule has 3 N–H and O–H groups in total. The predicted molar refractivity (Wildman–Crippen MR) is 109 cm³/mol. The third-order valence-electron chi connectivity index (χ3n) is 3.60. The molecule has 0 bridgehead atoms. The molecule has 1 aromatic rings. The molecule has 1 aromatic carbocycles. The molecule has 150 valence electrons. The first kappa shape index (κ1) is 22.5. The third-order valence-corrected chi connectivity index (χ3v) is 3.60. The van der Waals surface area contributed by atoms with E-state index in [1.807, 2.05) is 65.0 Å². The Kier molecular flexibility index (Phi) is 9.33. The van der Waals surface area contributed by atoms with Crippen molar-refractivity contribution in [2.45, 2.75) is 46.7 Å². The van der Waals surface area contributed by atoms with Crippen molar-refractivity contribution < 1.29 is 9.59 Å². The number of amides is 2. The van der Waals surface area contributed by atoms with Crippen molar-refractivity contribution in [1.82, 2.24) is 20.9 Å². The lowest BCUT2D eigenvalue weighted by Crippen LogP contribution is -2.45. The molecule has 0 aromatic heterocycles. The number of hydrogen-bond acceptors (Lipinski definition) is 3. The van der Waals surface area contributed by atoms with E-state index in [4.69, 9.17) is 0 Å². The number of carbonyl (C=O) groups is 2. The van der Waals surface area contributed by atoms with Gasteiger partial charge in [-0.05, 0) is 40.2 Å². The number of rotatable bonds is 8. The van der Waals surface area contributed by atoms with Gasteiger partial charge in [0, 0.05) is 25.2 Å². The standard InChI is InChI=1S/C20H33N5O2/c1-6-21-19(22-13-17(26)24-20(3,4)5)23-14-18(27)25(7-2)15-16-11-9-8-10-12-16/h8-12H,6-7,13-15H2,1-5H3,(H,24,26)(H2,21,22,23). The van der Waals surface area contributed by atoms with Gasteiger partial charge in [0.15, 0.2) is 5.96 Å². The first-order valence-corrected chi connectivity index (χ1v) is 9.40. The van der Waals surface area contributed by atoms with Gasteiger partial charge >= 0.3 is 0 Å². The summed E-state index contributed by atoms with van der Waals surface area (Å²) in [5.41, 5.74) is 0.792. The van der Waals surface area contributed by atoms with Gasteiger partial charge in [0.05, 0.1) is 6.54 Å². The van der Waals surface area contributed by atoms with E-state index in [1.54, 1.807) is 4.90 Å². The number of benzene rings is 1. The summed E-state index contributed by atoms with van der Waals surface area (Å²) in [6.07, 6.45) is 0. The molecule has 0 radical (unpaired) electrons. The molecule has 27 heavy (non-hydrogen) atoms. The van der Waals surface area contributed by atoms with Crippen molar-refractivity contribution in [1.29, 1.82) is 0 Å². The Morgan fingerprint density at radius 2 is 1.74 bits per heavy atom. The zero-order valence-electron chi connectivity index (χ0n) is 17.1. The van der Waals surface area contributed by atoms with Gasteiger partial charge in [-0.25, -0.2) is 4.99 Å². The van der Waals surface area contributed by atoms with Gasteiger partial charge in [-0.2, -0.15) is 0 Å². The molecule has 7 heteroatoms. The molecule has 0 fully saturated rings. The zero-order valence-corrected chi connectivity index (χ0v) is 17.1. The van der Waals surface area contributed by atoms with Gasteiger partial charge in [0.2, 0.25) is 11.8 Å². The van der Waals surface area contributed by atoms with E-state index in [1.165, 1.54) is 0 Å². The Labute approximate surface area is 162 Å². The van der Waals surface area contributed by atoms with Crippen LogP contribution in [0.1, 0.15) is 40.2 Å². The van der Waals surface area contributed by atoms with Crippen LogP contribution in [0.15, 0.2) is 35.3 Å². The SMILES string of the molecule is CCNC(=NCC(=O)NC(C)(C)C)NCC(=O)N(CC)Cc1ccccc1. The third kappa shape index (κ3) is 9.63. The highest BCUT2D eigenvalue weighted by atomic mass is 16.2. The summed E-state index contributed by atoms with van der Waals surface area (Å²) >= 11 is 0. The fourth-order valence-corrected chi connectivity index (χ4v) is 2.40. The van der Waals surface area contributed by atoms with Crippen molar-refractivity contribution in [3.63, 3.8) is 0 Å². The van der Waals surface area contributed by atoms with Crippen LogP contribution in [-0.4, -0.2) is 54.4 Å². The van der Waals surface area contributed by atoms with Crippen LogP contribution in [0.5, 0.6) is 0 Å². The molecule has 0 unspecified atom stereocenters. The van der Waals surface area contributed by atoms with Gasteiger partial charge in [0.25, 0.3) is 0 Å². The monoisotopic (exact) mass is 375 g/mol. The maximum atomic E-state index is 12.5. The summed E-state index contributed by atoms with van der Waals surface area (Å²) in [6, 6.07) is 9.89. The number of hydrogen-bond donors (Lipinski definition) is 3. The normalized spacial score (nSPS) is 11.7. The summed E-state index contributed by atoms with van der Waals surface area (Å²) < 4.78 is 0. The number of aliphatic imine (C=N–C) groups is 1. The molecule has 2 amide bonds. The quantitative estimate of drug-likeness (QED) is 0.475. The topological polar surface area (TPSA) is 85.8 Å². The second-order valence-corrected chi connectivity index (χ2v) is 7.24. The van der Waals surface area contributed by atoms with Crippen LogP contribution in [0, 0.1) is 0 Å². The molecular formula is C20H33N5O2. The minimum absolute atomic E-state index is 0.00228. The second kappa shape index (κ2) is 11.2. The van der Waals surface area contributed by atoms with Crippen molar-refractivity contribution in [2.75, 3.05) is 26.2 Å². The van der Waals surface area contributed by atoms with Crippen LogP contribution < -0.4 is 16.0 Å². The van der Waals surface area contributed by atoms with Crippen LogP contribution in [0.3, 0.4) is 0 Å². The first-order valence-electron chi connectivity index (χ1n) is 9.40. The van der Waals surface area contributed by atoms with E-state index in [0.717, 1.165) is 5.56 Å². The summed E-state index contributed by atoms with van der Waals surface area (Å²) in [5.74, 6) is 0.266. The highest BCUT2D eigenvalue weighted by Crippen LogP contribution is 2.04. The van der Waals surface area contributed by atoms with Gasteiger partial charge < -0.3 is 20.9 Å². The molecule has 1 rings (SSSR count). The number of nitrogens with zero attached hydrogens (tertiary/aromatic N) is 2. The van der Waals surface area contributed by atoms with Gasteiger partial charge in [0.1, 0.15) is 6.54 Å². The fraction of sp³-hybridized carbons (Fsp3) is 0.550. The molecule has 0 atom stereocenters. The van der Waals surface area contributed by atoms with Crippen molar-refractivity contribution >= 4 is 17.8 Å². The molecule has 0 heterocycles. The minimum atomic E-state index is -0.298. The first-order chi connectivity index (χ1) is 12.7. The van der Waals surface area contributed by atoms with Crippen molar-refractivity contribution in [3.05, 3.63) is 35.9 Å². The molecule has 0 saturated carbocycles. The predicted octanol–water partition coefficient (Wildman–Crippen LogP) is 1.50. The van der Waals surface area contributed by atoms with Gasteiger partial charge in [-0.15, -0.1) is 0 Å². The average molecular weight is 376 g/mol. The molecule has 0 saturated heterocycles. The lowest BCUT2D eigenvalue weighted by atomic mass is 10.1. The number of nitrogens with one attached hydrogen (secondary N) is 3. The van der Waals surface area contributed by atoms with E-state index in [-0.39, 0.29) is 30.4 Å². The van der Waals surface area contributed by atoms with E-state index in [0.29, 0.717) is 25.6 Å². The summed E-state index contributed by atoms with van der Waals surface area (Å²) in [6.45, 7) is 11.6. The lowest BCUT2D eigenvalue weighted by molar-refractivity contribution is -0.130. The van der Waals surface area contributed by atoms with Crippen LogP contribution in [0.4, 0.5) is 0 Å². The van der Waals surface area contributed by atoms with Crippen LogP contribution in [0.25, 0.3) is 0 Å². The van der Waals surface area contributed by atoms with Crippen molar-refractivity contribution in [2.24, 2.45) is 4.99 Å². The molecule has 0 aliphatic carbocycles. The smallest absolute Gasteiger partial charge is 0.242 e. The Morgan fingerprint density at radius 1 is 1.07 bits per heavy atom. The van der Waals surface area contributed by atoms with Gasteiger partial charge in [-0.1, -0.05) is 30.3 Å². The summed E-state index contributed by atoms with van der Waals surface area (Å²) in [7, 11) is 0. The minimum Gasteiger partial charge on any atom is -0.357 e. The highest BCUT2D eigenvalue weighted by molar-refractivity contribution is 5.88. The van der Waals surface area contributed by atoms with E-state index < -0.39 is 0 Å². The molecule has 0 aliphatic heterocycles. The number of carbonyl (C=O) groups excluding carboxylic acids is 2. The maximum absolute atomic E-state index is 12.5. The summed E-state index contributed by atoms with van der Waals surface area (Å²) in [5, 5.41) is 8.92. The van der Waals surface area contributed by atoms with E-state index >= 15 is 0 Å². The number of likely N-dealkylation sites (N-methyl/N-ethyl adjacent to an activating group) is 1. The van der Waals surface area contributed by atoms with E-state index in [9.17, 15) is 9.59 Å². The van der Waals surface area contributed by atoms with Crippen LogP contribution in [-0.2, 0) is 16.1 Å². The second-order valence-electron chi connectivity index (χ2n) is 7.24. The molecule has 0 aliphatic rings. The average Bonchev–Trinajstić information content (AvgIpc) is 2.61. The fourth-order valence-electron chi connectivity index (χ4n) is 2.40. The number of guanidine groups is 1. The highest BCUT2D eigenvalue weighted by Gasteiger charge is 2.15. The van der Waals surface area contributed by atoms with E-state index in [2.05, 4.69) is 20.9 Å². The Hall–Kier alpha value is -2.57. The Bertz CT molecular complexity index is 623. The summed E-state index contributed by atoms with van der Waals surface area (Å²) in [4.78, 5) is 30.5. The van der Waals surface area contributed by atoms with Gasteiger partial charge in [-0.3, -0.25) is 9.59 Å². The Morgan fingerprint density at radius 3 is 2.30 bits per heavy atom. The molecule has 0 spiro atoms. The molecule has 7 nitrogen and oxygen atoms in total. The Balaban J connectivity index is 2.59. The maximum Gasteiger partial charge on any atom is 0.242 e. The van der Waals surface area contributed by atoms with Crippen LogP contribution in [0.2, 0.25) is 0 Å². The van der Waals surface area contributed by atoms with Crippen molar-refractivity contribution in [3.8, 4) is 0 Å².